The molecule has 0 fully saturated rings. The highest BCUT2D eigenvalue weighted by Gasteiger charge is 2.34. The van der Waals surface area contributed by atoms with Crippen molar-refractivity contribution in [3.63, 3.8) is 0 Å². The third-order valence-corrected chi connectivity index (χ3v) is 7.30. The van der Waals surface area contributed by atoms with Crippen LogP contribution >= 0.6 is 23.1 Å². The highest BCUT2D eigenvalue weighted by molar-refractivity contribution is 8.16. The van der Waals surface area contributed by atoms with Gasteiger partial charge in [0, 0.05) is 11.8 Å². The van der Waals surface area contributed by atoms with E-state index < -0.39 is 5.91 Å². The molecule has 1 amide bonds. The Morgan fingerprint density at radius 3 is 2.80 bits per heavy atom. The quantitative estimate of drug-likeness (QED) is 0.502. The molecule has 4 heterocycles. The van der Waals surface area contributed by atoms with E-state index in [1.807, 2.05) is 19.3 Å². The Morgan fingerprint density at radius 2 is 2.03 bits per heavy atom. The number of hydrogen-bond acceptors (Lipinski definition) is 9. The summed E-state index contributed by atoms with van der Waals surface area (Å²) >= 11 is 2.70. The van der Waals surface area contributed by atoms with Crippen LogP contribution in [0.1, 0.15) is 30.1 Å². The van der Waals surface area contributed by atoms with E-state index >= 15 is 0 Å². The minimum absolute atomic E-state index is 0.0702. The summed E-state index contributed by atoms with van der Waals surface area (Å²) in [4.78, 5) is 35.6. The molecule has 0 saturated heterocycles. The van der Waals surface area contributed by atoms with Gasteiger partial charge in [-0.25, -0.2) is 4.98 Å². The predicted octanol–water partition coefficient (Wildman–Crippen LogP) is 3.47. The number of methoxy groups -OCH3 is 1. The highest BCUT2D eigenvalue weighted by atomic mass is 32.2. The first-order valence-corrected chi connectivity index (χ1v) is 12.3. The molecule has 5 rings (SSSR count). The molecular weight excluding hydrogens is 488 g/mol. The minimum atomic E-state index is -0.460. The molecule has 0 atom stereocenters. The molecule has 10 nitrogen and oxygen atoms in total. The lowest BCUT2D eigenvalue weighted by Crippen LogP contribution is -2.37. The number of rotatable bonds is 6. The smallest absolute Gasteiger partial charge is 0.283 e. The van der Waals surface area contributed by atoms with Crippen molar-refractivity contribution < 1.29 is 14.3 Å². The lowest BCUT2D eigenvalue weighted by molar-refractivity contribution is -0.114. The van der Waals surface area contributed by atoms with E-state index in [2.05, 4.69) is 15.1 Å². The molecule has 0 bridgehead atoms. The van der Waals surface area contributed by atoms with Crippen LogP contribution in [0, 0.1) is 5.41 Å². The van der Waals surface area contributed by atoms with Gasteiger partial charge >= 0.3 is 0 Å². The summed E-state index contributed by atoms with van der Waals surface area (Å²) in [7, 11) is 1.51. The van der Waals surface area contributed by atoms with Gasteiger partial charge in [0.2, 0.25) is 4.96 Å². The molecule has 0 saturated carbocycles. The van der Waals surface area contributed by atoms with Gasteiger partial charge in [-0.1, -0.05) is 36.1 Å². The fourth-order valence-electron chi connectivity index (χ4n) is 3.57. The first kappa shape index (κ1) is 23.0. The molecule has 0 unspecified atom stereocenters. The van der Waals surface area contributed by atoms with Gasteiger partial charge in [-0.3, -0.25) is 19.9 Å². The molecule has 2 aliphatic rings. The third kappa shape index (κ3) is 4.26. The van der Waals surface area contributed by atoms with Crippen molar-refractivity contribution in [2.24, 2.45) is 4.99 Å². The maximum atomic E-state index is 12.5. The zero-order valence-electron chi connectivity index (χ0n) is 19.1. The van der Waals surface area contributed by atoms with Crippen molar-refractivity contribution in [1.29, 1.82) is 5.41 Å². The molecule has 178 valence electrons. The summed E-state index contributed by atoms with van der Waals surface area (Å²) in [5, 5.41) is 15.9. The molecule has 35 heavy (non-hydrogen) atoms. The van der Waals surface area contributed by atoms with E-state index in [0.29, 0.717) is 32.9 Å². The van der Waals surface area contributed by atoms with Crippen molar-refractivity contribution in [2.75, 3.05) is 7.11 Å². The number of carbonyl (C=O) groups excluding carboxylic acids is 1. The molecule has 1 N–H and O–H groups in total. The summed E-state index contributed by atoms with van der Waals surface area (Å²) in [6.07, 6.45) is 2.34. The van der Waals surface area contributed by atoms with Crippen LogP contribution in [0.15, 0.2) is 50.7 Å². The van der Waals surface area contributed by atoms with Crippen molar-refractivity contribution >= 4 is 51.0 Å². The molecule has 2 aliphatic heterocycles. The molecule has 3 aromatic rings. The normalized spacial score (nSPS) is 16.5. The van der Waals surface area contributed by atoms with Crippen LogP contribution in [0.5, 0.6) is 11.5 Å². The van der Waals surface area contributed by atoms with E-state index in [9.17, 15) is 9.59 Å². The van der Waals surface area contributed by atoms with Crippen molar-refractivity contribution in [2.45, 2.75) is 26.9 Å². The second-order valence-electron chi connectivity index (χ2n) is 7.65. The summed E-state index contributed by atoms with van der Waals surface area (Å²) in [5.41, 5.74) is 1.91. The number of hydrogen-bond donors (Lipinski definition) is 1. The number of aliphatic imine (C=N–C) groups is 1. The Bertz CT molecular complexity index is 1530. The largest absolute Gasteiger partial charge is 0.493 e. The number of aromatic nitrogens is 3. The Hall–Kier alpha value is -3.77. The maximum absolute atomic E-state index is 12.5. The van der Waals surface area contributed by atoms with Crippen LogP contribution < -0.4 is 15.0 Å². The summed E-state index contributed by atoms with van der Waals surface area (Å²) < 4.78 is 12.7. The Labute approximate surface area is 208 Å². The van der Waals surface area contributed by atoms with Gasteiger partial charge in [-0.2, -0.15) is 14.6 Å². The number of carbonyl (C=O) groups is 1. The Kier molecular flexibility index (Phi) is 5.99. The van der Waals surface area contributed by atoms with Gasteiger partial charge in [-0.05, 0) is 42.5 Å². The van der Waals surface area contributed by atoms with Gasteiger partial charge in [-0.15, -0.1) is 0 Å². The van der Waals surface area contributed by atoms with Crippen LogP contribution in [0.3, 0.4) is 0 Å². The van der Waals surface area contributed by atoms with Gasteiger partial charge in [0.25, 0.3) is 11.5 Å². The van der Waals surface area contributed by atoms with E-state index in [-0.39, 0.29) is 23.6 Å². The number of benzene rings is 1. The number of thioether (sulfide) groups is 1. The number of amides is 1. The standard InChI is InChI=1S/C23H20N6O4S2/c1-4-18-27-29-19(30)9-14(25-23(29)35-18)10-33-16-6-5-13(8-17(16)32-3)7-15-20(24)28-12(2)11-34-22(28)26-21(15)31/h5-9,11,24H,4,10H2,1-3H3/b15-7-,24-20?. The monoisotopic (exact) mass is 508 g/mol. The van der Waals surface area contributed by atoms with Crippen molar-refractivity contribution in [1.82, 2.24) is 19.5 Å². The van der Waals surface area contributed by atoms with E-state index in [4.69, 9.17) is 14.9 Å². The number of allylic oxidation sites excluding steroid dienone is 1. The molecule has 1 aromatic carbocycles. The van der Waals surface area contributed by atoms with Crippen LogP contribution in [-0.4, -0.2) is 43.5 Å². The average molecular weight is 509 g/mol. The molecular formula is C23H20N6O4S2. The summed E-state index contributed by atoms with van der Waals surface area (Å²) in [5.74, 6) is 0.517. The second kappa shape index (κ2) is 9.12. The minimum Gasteiger partial charge on any atom is -0.493 e. The fraction of sp³-hybridized carbons (Fsp3) is 0.217. The lowest BCUT2D eigenvalue weighted by Gasteiger charge is -2.25. The Morgan fingerprint density at radius 1 is 1.20 bits per heavy atom. The fourth-order valence-corrected chi connectivity index (χ4v) is 5.28. The van der Waals surface area contributed by atoms with Crippen LogP contribution in [0.25, 0.3) is 11.0 Å². The first-order chi connectivity index (χ1) is 16.9. The summed E-state index contributed by atoms with van der Waals surface area (Å²) in [6.45, 7) is 3.91. The zero-order valence-corrected chi connectivity index (χ0v) is 20.7. The number of ether oxygens (including phenoxy) is 2. The van der Waals surface area contributed by atoms with Gasteiger partial charge in [0.05, 0.1) is 18.4 Å². The number of nitrogens with one attached hydrogen (secondary N) is 1. The zero-order chi connectivity index (χ0) is 24.7. The molecule has 12 heteroatoms. The number of amidine groups is 2. The Balaban J connectivity index is 1.38. The van der Waals surface area contributed by atoms with E-state index in [0.717, 1.165) is 17.1 Å². The van der Waals surface area contributed by atoms with E-state index in [1.54, 1.807) is 29.2 Å². The van der Waals surface area contributed by atoms with Gasteiger partial charge < -0.3 is 9.47 Å². The van der Waals surface area contributed by atoms with Crippen molar-refractivity contribution in [3.05, 3.63) is 67.6 Å². The van der Waals surface area contributed by atoms with Crippen LogP contribution in [-0.2, 0) is 17.8 Å². The van der Waals surface area contributed by atoms with Crippen LogP contribution in [0.4, 0.5) is 0 Å². The molecule has 0 spiro atoms. The third-order valence-electron chi connectivity index (χ3n) is 5.30. The number of fused-ring (bicyclic) bond motifs is 2. The average Bonchev–Trinajstić information content (AvgIpc) is 3.44. The maximum Gasteiger partial charge on any atom is 0.283 e. The summed E-state index contributed by atoms with van der Waals surface area (Å²) in [6, 6.07) is 6.58. The van der Waals surface area contributed by atoms with Gasteiger partial charge in [0.15, 0.2) is 16.7 Å². The lowest BCUT2D eigenvalue weighted by atomic mass is 10.1. The molecule has 0 aliphatic carbocycles. The van der Waals surface area contributed by atoms with Gasteiger partial charge in [0.1, 0.15) is 17.5 Å². The topological polar surface area (TPSA) is 122 Å². The second-order valence-corrected chi connectivity index (χ2v) is 9.52. The number of nitrogens with zero attached hydrogens (tertiary/aromatic N) is 5. The SMILES string of the molecule is CCc1nn2c(=O)cc(COc3ccc(/C=C4/C(=N)N5C(C)=CSC5=NC4=O)cc3OC)nc2s1. The molecule has 2 aromatic heterocycles. The number of aryl methyl sites for hydroxylation is 1. The van der Waals surface area contributed by atoms with Crippen molar-refractivity contribution in [3.8, 4) is 11.5 Å². The predicted molar refractivity (Wildman–Crippen MR) is 135 cm³/mol. The molecule has 0 radical (unpaired) electrons. The van der Waals surface area contributed by atoms with Crippen LogP contribution in [0.2, 0.25) is 0 Å². The highest BCUT2D eigenvalue weighted by Crippen LogP contribution is 2.33. The van der Waals surface area contributed by atoms with E-state index in [1.165, 1.54) is 40.8 Å². The first-order valence-electron chi connectivity index (χ1n) is 10.6.